The standard InChI is InChI=1S/C62H61N3O/c1-39-23-25-41(26-24-39)44-31-32-63-54(37-44)46-34-45(35-48(36-46)61(6,7)8)49-19-16-22-55-57(49)64-59(50-20-15-21-53(58(50)66)62(9,10)11)65(55)56-33-40(2)51(38-52(56)42-17-13-12-14-18-42)43-27-29-47(30-28-43)60(3,4)5/h12-38,66H,1-11H3/i1D3,2D3. The number of hydrogen-bond donors (Lipinski definition) is 1. The van der Waals surface area contributed by atoms with E-state index < -0.39 is 19.1 Å². The van der Waals surface area contributed by atoms with Crippen molar-refractivity contribution in [1.29, 1.82) is 0 Å². The normalized spacial score (nSPS) is 14.0. The first-order chi connectivity index (χ1) is 33.8. The number of para-hydroxylation sites is 2. The maximum Gasteiger partial charge on any atom is 0.149 e. The molecule has 0 amide bonds. The van der Waals surface area contributed by atoms with Gasteiger partial charge in [0.05, 0.1) is 28.0 Å². The summed E-state index contributed by atoms with van der Waals surface area (Å²) in [6, 6.07) is 51.3. The highest BCUT2D eigenvalue weighted by molar-refractivity contribution is 5.98. The van der Waals surface area contributed by atoms with Gasteiger partial charge in [-0.2, -0.15) is 0 Å². The van der Waals surface area contributed by atoms with Crippen molar-refractivity contribution in [2.24, 2.45) is 0 Å². The van der Waals surface area contributed by atoms with Gasteiger partial charge in [-0.3, -0.25) is 9.55 Å². The van der Waals surface area contributed by atoms with Crippen LogP contribution in [0.1, 0.15) is 98.4 Å². The number of rotatable bonds is 7. The van der Waals surface area contributed by atoms with Crippen LogP contribution in [-0.2, 0) is 16.2 Å². The SMILES string of the molecule is [2H]C([2H])([2H])c1ccc(-c2ccnc(-c3cc(-c4cccc5c4nc(-c4cccc(C(C)(C)C)c4O)n5-c4cc(C([2H])([2H])[2H])c(-c5ccc(C(C)(C)C)cc5)cc4-c4ccccc4)cc(C(C)(C)C)c3)c2)cc1. The third kappa shape index (κ3) is 8.49. The summed E-state index contributed by atoms with van der Waals surface area (Å²) in [5.41, 5.74) is 13.5. The molecule has 0 unspecified atom stereocenters. The number of benzene rings is 7. The van der Waals surface area contributed by atoms with Crippen molar-refractivity contribution >= 4 is 11.0 Å². The molecule has 66 heavy (non-hydrogen) atoms. The Kier molecular flexibility index (Phi) is 9.44. The van der Waals surface area contributed by atoms with Crippen molar-refractivity contribution < 1.29 is 13.3 Å². The Labute approximate surface area is 400 Å². The maximum absolute atomic E-state index is 12.4. The van der Waals surface area contributed by atoms with E-state index in [1.54, 1.807) is 24.4 Å². The van der Waals surface area contributed by atoms with E-state index in [1.165, 1.54) is 0 Å². The van der Waals surface area contributed by atoms with E-state index in [-0.39, 0.29) is 27.7 Å². The van der Waals surface area contributed by atoms with E-state index in [9.17, 15) is 5.11 Å². The second kappa shape index (κ2) is 16.7. The van der Waals surface area contributed by atoms with Gasteiger partial charge in [-0.05, 0) is 134 Å². The van der Waals surface area contributed by atoms with Gasteiger partial charge in [0, 0.05) is 31.1 Å². The number of aryl methyl sites for hydroxylation is 2. The lowest BCUT2D eigenvalue weighted by molar-refractivity contribution is 0.448. The van der Waals surface area contributed by atoms with Gasteiger partial charge in [0.2, 0.25) is 0 Å². The molecule has 2 aromatic heterocycles. The van der Waals surface area contributed by atoms with Crippen LogP contribution in [-0.4, -0.2) is 19.6 Å². The molecule has 9 rings (SSSR count). The van der Waals surface area contributed by atoms with Crippen LogP contribution in [0.5, 0.6) is 5.75 Å². The van der Waals surface area contributed by atoms with Crippen LogP contribution in [0.25, 0.3) is 83.9 Å². The van der Waals surface area contributed by atoms with E-state index in [0.29, 0.717) is 28.2 Å². The smallest absolute Gasteiger partial charge is 0.149 e. The average Bonchev–Trinajstić information content (AvgIpc) is 3.72. The molecule has 4 nitrogen and oxygen atoms in total. The highest BCUT2D eigenvalue weighted by Gasteiger charge is 2.27. The summed E-state index contributed by atoms with van der Waals surface area (Å²) in [4.78, 5) is 10.4. The van der Waals surface area contributed by atoms with Crippen LogP contribution < -0.4 is 0 Å². The Morgan fingerprint density at radius 3 is 1.83 bits per heavy atom. The van der Waals surface area contributed by atoms with Gasteiger partial charge in [-0.1, -0.05) is 177 Å². The average molecular weight is 870 g/mol. The van der Waals surface area contributed by atoms with Gasteiger partial charge in [-0.15, -0.1) is 0 Å². The van der Waals surface area contributed by atoms with E-state index >= 15 is 0 Å². The molecule has 0 fully saturated rings. The van der Waals surface area contributed by atoms with Crippen LogP contribution in [0, 0.1) is 13.7 Å². The van der Waals surface area contributed by atoms with Crippen LogP contribution in [0.4, 0.5) is 0 Å². The fourth-order valence-corrected chi connectivity index (χ4v) is 8.89. The summed E-state index contributed by atoms with van der Waals surface area (Å²) >= 11 is 0. The zero-order chi connectivity index (χ0) is 51.7. The van der Waals surface area contributed by atoms with Gasteiger partial charge in [-0.25, -0.2) is 4.98 Å². The molecular weight excluding hydrogens is 803 g/mol. The molecule has 0 atom stereocenters. The number of phenolic OH excluding ortho intramolecular Hbond substituents is 1. The molecule has 330 valence electrons. The van der Waals surface area contributed by atoms with Crippen LogP contribution in [0.15, 0.2) is 164 Å². The van der Waals surface area contributed by atoms with Crippen LogP contribution >= 0.6 is 0 Å². The van der Waals surface area contributed by atoms with Crippen molar-refractivity contribution in [3.05, 3.63) is 192 Å². The molecule has 0 radical (unpaired) electrons. The Bertz CT molecular complexity index is 3480. The molecule has 4 heteroatoms. The quantitative estimate of drug-likeness (QED) is 0.174. The van der Waals surface area contributed by atoms with E-state index in [2.05, 4.69) is 98.7 Å². The van der Waals surface area contributed by atoms with Gasteiger partial charge in [0.1, 0.15) is 11.6 Å². The molecule has 0 bridgehead atoms. The number of nitrogens with zero attached hydrogens (tertiary/aromatic N) is 3. The van der Waals surface area contributed by atoms with Crippen molar-refractivity contribution in [1.82, 2.24) is 14.5 Å². The lowest BCUT2D eigenvalue weighted by atomic mass is 9.83. The maximum atomic E-state index is 12.4. The van der Waals surface area contributed by atoms with E-state index in [4.69, 9.17) is 18.2 Å². The molecule has 0 aliphatic rings. The zero-order valence-electron chi connectivity index (χ0n) is 45.4. The summed E-state index contributed by atoms with van der Waals surface area (Å²) in [6.07, 6.45) is 1.78. The number of fused-ring (bicyclic) bond motifs is 1. The Balaban J connectivity index is 1.33. The summed E-state index contributed by atoms with van der Waals surface area (Å²) in [5, 5.41) is 12.4. The molecule has 2 heterocycles. The predicted octanol–water partition coefficient (Wildman–Crippen LogP) is 16.6. The summed E-state index contributed by atoms with van der Waals surface area (Å²) < 4.78 is 52.8. The zero-order valence-corrected chi connectivity index (χ0v) is 39.4. The van der Waals surface area contributed by atoms with Crippen LogP contribution in [0.2, 0.25) is 0 Å². The molecule has 0 aliphatic carbocycles. The van der Waals surface area contributed by atoms with Gasteiger partial charge >= 0.3 is 0 Å². The Morgan fingerprint density at radius 1 is 0.485 bits per heavy atom. The van der Waals surface area contributed by atoms with Gasteiger partial charge in [0.15, 0.2) is 0 Å². The van der Waals surface area contributed by atoms with Gasteiger partial charge in [0.25, 0.3) is 0 Å². The fourth-order valence-electron chi connectivity index (χ4n) is 8.89. The number of pyridine rings is 1. The largest absolute Gasteiger partial charge is 0.507 e. The van der Waals surface area contributed by atoms with Crippen molar-refractivity contribution in [2.75, 3.05) is 0 Å². The molecular formula is C62H61N3O. The molecule has 1 N–H and O–H groups in total. The van der Waals surface area contributed by atoms with Crippen molar-refractivity contribution in [2.45, 2.75) is 92.3 Å². The number of aromatic hydroxyl groups is 1. The molecule has 0 saturated carbocycles. The minimum Gasteiger partial charge on any atom is -0.507 e. The minimum absolute atomic E-state index is 0.0888. The molecule has 9 aromatic rings. The predicted molar refractivity (Wildman–Crippen MR) is 279 cm³/mol. The molecule has 7 aromatic carbocycles. The number of phenols is 1. The van der Waals surface area contributed by atoms with E-state index in [0.717, 1.165) is 72.4 Å². The van der Waals surface area contributed by atoms with Crippen LogP contribution in [0.3, 0.4) is 0 Å². The lowest BCUT2D eigenvalue weighted by Crippen LogP contribution is -2.12. The highest BCUT2D eigenvalue weighted by atomic mass is 16.3. The molecule has 0 saturated heterocycles. The molecule has 0 spiro atoms. The number of aromatic nitrogens is 3. The third-order valence-electron chi connectivity index (χ3n) is 12.7. The minimum atomic E-state index is -2.51. The first-order valence-electron chi connectivity index (χ1n) is 25.7. The third-order valence-corrected chi connectivity index (χ3v) is 12.7. The highest BCUT2D eigenvalue weighted by Crippen LogP contribution is 2.45. The molecule has 0 aliphatic heterocycles. The Morgan fingerprint density at radius 2 is 1.15 bits per heavy atom. The van der Waals surface area contributed by atoms with Crippen molar-refractivity contribution in [3.63, 3.8) is 0 Å². The number of imidazole rings is 1. The lowest BCUT2D eigenvalue weighted by Gasteiger charge is -2.23. The summed E-state index contributed by atoms with van der Waals surface area (Å²) in [5.74, 6) is 0.565. The van der Waals surface area contributed by atoms with Crippen molar-refractivity contribution in [3.8, 4) is 78.6 Å². The monoisotopic (exact) mass is 870 g/mol. The first kappa shape index (κ1) is 37.2. The summed E-state index contributed by atoms with van der Waals surface area (Å²) in [7, 11) is 0. The second-order valence-electron chi connectivity index (χ2n) is 20.6. The summed E-state index contributed by atoms with van der Waals surface area (Å²) in [6.45, 7) is 14.5. The second-order valence-corrected chi connectivity index (χ2v) is 20.6. The van der Waals surface area contributed by atoms with E-state index in [1.807, 2.05) is 108 Å². The first-order valence-corrected chi connectivity index (χ1v) is 22.7. The van der Waals surface area contributed by atoms with Gasteiger partial charge < -0.3 is 5.11 Å². The Hall–Kier alpha value is -7.04. The number of hydrogen-bond acceptors (Lipinski definition) is 3. The fraction of sp³-hybridized carbons (Fsp3) is 0.226. The topological polar surface area (TPSA) is 50.9 Å².